The number of aromatic carboxylic acids is 1. The summed E-state index contributed by atoms with van der Waals surface area (Å²) in [5, 5.41) is 13.6. The summed E-state index contributed by atoms with van der Waals surface area (Å²) in [6.07, 6.45) is 0. The Hall–Kier alpha value is -2.17. The van der Waals surface area contributed by atoms with Crippen molar-refractivity contribution in [1.29, 1.82) is 0 Å². The molecule has 0 spiro atoms. The van der Waals surface area contributed by atoms with Crippen molar-refractivity contribution < 1.29 is 14.3 Å². The second-order valence-electron chi connectivity index (χ2n) is 4.36. The van der Waals surface area contributed by atoms with E-state index in [1.54, 1.807) is 4.68 Å². The molecule has 100 valence electrons. The minimum atomic E-state index is -1.14. The Labute approximate surface area is 110 Å². The molecule has 0 saturated heterocycles. The van der Waals surface area contributed by atoms with E-state index in [9.17, 15) is 14.3 Å². The molecule has 1 aromatic carbocycles. The Morgan fingerprint density at radius 3 is 2.63 bits per heavy atom. The summed E-state index contributed by atoms with van der Waals surface area (Å²) in [6.45, 7) is 6.37. The average molecular weight is 262 g/mol. The topological polar surface area (TPSA) is 55.1 Å². The molecule has 0 unspecified atom stereocenters. The quantitative estimate of drug-likeness (QED) is 0.925. The summed E-state index contributed by atoms with van der Waals surface area (Å²) in [4.78, 5) is 11.3. The molecule has 2 aromatic rings. The Kier molecular flexibility index (Phi) is 3.38. The molecular weight excluding hydrogens is 247 g/mol. The molecule has 0 atom stereocenters. The largest absolute Gasteiger partial charge is 0.478 e. The third kappa shape index (κ3) is 2.23. The van der Waals surface area contributed by atoms with E-state index < -0.39 is 11.8 Å². The third-order valence-corrected chi connectivity index (χ3v) is 3.16. The lowest BCUT2D eigenvalue weighted by atomic mass is 9.98. The number of carboxylic acid groups (broad SMARTS) is 1. The highest BCUT2D eigenvalue weighted by Crippen LogP contribution is 2.30. The maximum Gasteiger partial charge on any atom is 0.336 e. The summed E-state index contributed by atoms with van der Waals surface area (Å²) in [5.41, 5.74) is 2.85. The summed E-state index contributed by atoms with van der Waals surface area (Å²) in [7, 11) is 0. The molecule has 1 aromatic heterocycles. The first-order valence-electron chi connectivity index (χ1n) is 6.03. The van der Waals surface area contributed by atoms with E-state index in [4.69, 9.17) is 0 Å². The number of carbonyl (C=O) groups is 1. The maximum atomic E-state index is 13.2. The molecular formula is C14H15FN2O2. The summed E-state index contributed by atoms with van der Waals surface area (Å²) in [6, 6.07) is 3.81. The van der Waals surface area contributed by atoms with Gasteiger partial charge in [0.05, 0.1) is 11.3 Å². The van der Waals surface area contributed by atoms with Gasteiger partial charge in [0.15, 0.2) is 0 Å². The van der Waals surface area contributed by atoms with Gasteiger partial charge in [-0.15, -0.1) is 0 Å². The number of hydrogen-bond donors (Lipinski definition) is 1. The number of nitrogens with zero attached hydrogens (tertiary/aromatic N) is 2. The standard InChI is InChI=1S/C14H15FN2O2/c1-4-17-9(3)13(8(2)16-17)11-6-5-10(15)7-12(11)14(18)19/h5-7H,4H2,1-3H3,(H,18,19). The zero-order chi connectivity index (χ0) is 14.2. The highest BCUT2D eigenvalue weighted by Gasteiger charge is 2.19. The molecule has 0 saturated carbocycles. The van der Waals surface area contributed by atoms with Gasteiger partial charge < -0.3 is 5.11 Å². The van der Waals surface area contributed by atoms with Crippen LogP contribution < -0.4 is 0 Å². The highest BCUT2D eigenvalue weighted by molar-refractivity contribution is 5.96. The number of hydrogen-bond acceptors (Lipinski definition) is 2. The van der Waals surface area contributed by atoms with Gasteiger partial charge in [-0.2, -0.15) is 5.10 Å². The number of halogens is 1. The molecule has 0 aliphatic heterocycles. The van der Waals surface area contributed by atoms with E-state index in [0.717, 1.165) is 23.0 Å². The Bertz CT molecular complexity index is 647. The fraction of sp³-hybridized carbons (Fsp3) is 0.286. The average Bonchev–Trinajstić information content (AvgIpc) is 2.64. The van der Waals surface area contributed by atoms with Crippen LogP contribution in [-0.2, 0) is 6.54 Å². The maximum absolute atomic E-state index is 13.2. The number of aryl methyl sites for hydroxylation is 2. The van der Waals surface area contributed by atoms with E-state index >= 15 is 0 Å². The molecule has 0 aliphatic rings. The number of carboxylic acids is 1. The van der Waals surface area contributed by atoms with Gasteiger partial charge in [-0.3, -0.25) is 4.68 Å². The summed E-state index contributed by atoms with van der Waals surface area (Å²) >= 11 is 0. The van der Waals surface area contributed by atoms with Crippen LogP contribution in [0.25, 0.3) is 11.1 Å². The Balaban J connectivity index is 2.72. The van der Waals surface area contributed by atoms with E-state index in [-0.39, 0.29) is 5.56 Å². The van der Waals surface area contributed by atoms with E-state index in [1.165, 1.54) is 12.1 Å². The van der Waals surface area contributed by atoms with Gasteiger partial charge in [-0.25, -0.2) is 9.18 Å². The molecule has 5 heteroatoms. The van der Waals surface area contributed by atoms with Gasteiger partial charge in [0.25, 0.3) is 0 Å². The van der Waals surface area contributed by atoms with Crippen LogP contribution in [0.5, 0.6) is 0 Å². The molecule has 1 heterocycles. The molecule has 0 radical (unpaired) electrons. The van der Waals surface area contributed by atoms with Crippen LogP contribution in [0.2, 0.25) is 0 Å². The number of rotatable bonds is 3. The van der Waals surface area contributed by atoms with Crippen molar-refractivity contribution in [2.45, 2.75) is 27.3 Å². The van der Waals surface area contributed by atoms with Crippen molar-refractivity contribution in [3.63, 3.8) is 0 Å². The summed E-state index contributed by atoms with van der Waals surface area (Å²) < 4.78 is 15.0. The Morgan fingerprint density at radius 2 is 2.11 bits per heavy atom. The minimum absolute atomic E-state index is 0.0400. The molecule has 0 bridgehead atoms. The normalized spacial score (nSPS) is 10.7. The zero-order valence-electron chi connectivity index (χ0n) is 11.1. The molecule has 2 rings (SSSR count). The molecule has 4 nitrogen and oxygen atoms in total. The van der Waals surface area contributed by atoms with Crippen LogP contribution in [0.4, 0.5) is 4.39 Å². The number of benzene rings is 1. The molecule has 0 aliphatic carbocycles. The van der Waals surface area contributed by atoms with Gasteiger partial charge in [0.1, 0.15) is 5.82 Å². The first kappa shape index (κ1) is 13.3. The van der Waals surface area contributed by atoms with Crippen LogP contribution in [-0.4, -0.2) is 20.9 Å². The van der Waals surface area contributed by atoms with Crippen molar-refractivity contribution in [2.75, 3.05) is 0 Å². The lowest BCUT2D eigenvalue weighted by molar-refractivity contribution is 0.0697. The van der Waals surface area contributed by atoms with Crippen molar-refractivity contribution >= 4 is 5.97 Å². The predicted octanol–water partition coefficient (Wildman–Crippen LogP) is 3.02. The first-order chi connectivity index (χ1) is 8.95. The van der Waals surface area contributed by atoms with Crippen LogP contribution in [0.15, 0.2) is 18.2 Å². The van der Waals surface area contributed by atoms with Gasteiger partial charge in [-0.05, 0) is 32.9 Å². The van der Waals surface area contributed by atoms with Crippen LogP contribution >= 0.6 is 0 Å². The smallest absolute Gasteiger partial charge is 0.336 e. The SMILES string of the molecule is CCn1nc(C)c(-c2ccc(F)cc2C(=O)O)c1C. The second-order valence-corrected chi connectivity index (χ2v) is 4.36. The van der Waals surface area contributed by atoms with Crippen molar-refractivity contribution in [1.82, 2.24) is 9.78 Å². The fourth-order valence-electron chi connectivity index (χ4n) is 2.31. The summed E-state index contributed by atoms with van der Waals surface area (Å²) in [5.74, 6) is -1.70. The van der Waals surface area contributed by atoms with Gasteiger partial charge in [0.2, 0.25) is 0 Å². The lowest BCUT2D eigenvalue weighted by Gasteiger charge is -2.07. The van der Waals surface area contributed by atoms with Crippen molar-refractivity contribution in [3.8, 4) is 11.1 Å². The molecule has 0 fully saturated rings. The monoisotopic (exact) mass is 262 g/mol. The highest BCUT2D eigenvalue weighted by atomic mass is 19.1. The molecule has 0 amide bonds. The van der Waals surface area contributed by atoms with E-state index in [1.807, 2.05) is 20.8 Å². The van der Waals surface area contributed by atoms with Crippen molar-refractivity contribution in [2.24, 2.45) is 0 Å². The molecule has 1 N–H and O–H groups in total. The second kappa shape index (κ2) is 4.84. The minimum Gasteiger partial charge on any atom is -0.478 e. The van der Waals surface area contributed by atoms with Crippen molar-refractivity contribution in [3.05, 3.63) is 41.0 Å². The first-order valence-corrected chi connectivity index (χ1v) is 6.03. The van der Waals surface area contributed by atoms with Gasteiger partial charge in [-0.1, -0.05) is 6.07 Å². The van der Waals surface area contributed by atoms with Gasteiger partial charge >= 0.3 is 5.97 Å². The lowest BCUT2D eigenvalue weighted by Crippen LogP contribution is -2.02. The van der Waals surface area contributed by atoms with Crippen LogP contribution in [0, 0.1) is 19.7 Å². The fourth-order valence-corrected chi connectivity index (χ4v) is 2.31. The van der Waals surface area contributed by atoms with E-state index in [0.29, 0.717) is 12.1 Å². The van der Waals surface area contributed by atoms with Crippen LogP contribution in [0.3, 0.4) is 0 Å². The predicted molar refractivity (Wildman–Crippen MR) is 69.7 cm³/mol. The third-order valence-electron chi connectivity index (χ3n) is 3.16. The Morgan fingerprint density at radius 1 is 1.42 bits per heavy atom. The number of aromatic nitrogens is 2. The zero-order valence-corrected chi connectivity index (χ0v) is 11.1. The van der Waals surface area contributed by atoms with Gasteiger partial charge in [0, 0.05) is 23.4 Å². The molecule has 19 heavy (non-hydrogen) atoms. The van der Waals surface area contributed by atoms with E-state index in [2.05, 4.69) is 5.10 Å². The van der Waals surface area contributed by atoms with Crippen LogP contribution in [0.1, 0.15) is 28.7 Å².